The summed E-state index contributed by atoms with van der Waals surface area (Å²) in [4.78, 5) is 11.4. The number of rotatable bonds is 3. The molecule has 0 radical (unpaired) electrons. The van der Waals surface area contributed by atoms with Gasteiger partial charge in [0.05, 0.1) is 6.42 Å². The molecule has 3 nitrogen and oxygen atoms in total. The van der Waals surface area contributed by atoms with E-state index >= 15 is 0 Å². The molecular formula is C11H17NO2. The van der Waals surface area contributed by atoms with E-state index in [4.69, 9.17) is 11.2 Å². The quantitative estimate of drug-likeness (QED) is 0.684. The Kier molecular flexibility index (Phi) is 3.97. The van der Waals surface area contributed by atoms with Gasteiger partial charge in [-0.2, -0.15) is 0 Å². The highest BCUT2D eigenvalue weighted by Crippen LogP contribution is 2.24. The van der Waals surface area contributed by atoms with Crippen LogP contribution in [0.1, 0.15) is 32.6 Å². The lowest BCUT2D eigenvalue weighted by molar-refractivity contribution is -0.123. The molecule has 3 heteroatoms. The van der Waals surface area contributed by atoms with Gasteiger partial charge in [0, 0.05) is 18.8 Å². The van der Waals surface area contributed by atoms with Crippen LogP contribution in [0, 0.1) is 12.3 Å². The number of carbonyl (C=O) groups is 1. The van der Waals surface area contributed by atoms with Crippen molar-refractivity contribution in [3.8, 4) is 12.3 Å². The molecule has 1 aliphatic heterocycles. The number of nitrogens with one attached hydrogen (secondary N) is 1. The van der Waals surface area contributed by atoms with Gasteiger partial charge in [-0.3, -0.25) is 4.79 Å². The van der Waals surface area contributed by atoms with E-state index in [0.29, 0.717) is 0 Å². The summed E-state index contributed by atoms with van der Waals surface area (Å²) >= 11 is 0. The van der Waals surface area contributed by atoms with Crippen LogP contribution in [0.15, 0.2) is 0 Å². The summed E-state index contributed by atoms with van der Waals surface area (Å²) in [5.74, 6) is 2.31. The molecule has 14 heavy (non-hydrogen) atoms. The van der Waals surface area contributed by atoms with Gasteiger partial charge in [-0.05, 0) is 19.3 Å². The zero-order valence-electron chi connectivity index (χ0n) is 8.64. The summed E-state index contributed by atoms with van der Waals surface area (Å²) < 4.78 is 5.28. The zero-order chi connectivity index (χ0) is 10.4. The second kappa shape index (κ2) is 5.02. The van der Waals surface area contributed by atoms with E-state index in [1.807, 2.05) is 0 Å². The maximum atomic E-state index is 11.4. The summed E-state index contributed by atoms with van der Waals surface area (Å²) in [5.41, 5.74) is -0.0772. The number of carbonyl (C=O) groups excluding carboxylic acids is 1. The number of hydrogen-bond donors (Lipinski definition) is 1. The third-order valence-corrected chi connectivity index (χ3v) is 2.79. The molecule has 0 aliphatic carbocycles. The van der Waals surface area contributed by atoms with Gasteiger partial charge in [-0.15, -0.1) is 6.42 Å². The minimum absolute atomic E-state index is 0.0451. The molecule has 1 aliphatic rings. The van der Waals surface area contributed by atoms with Crippen molar-refractivity contribution in [2.24, 2.45) is 0 Å². The topological polar surface area (TPSA) is 38.3 Å². The normalized spacial score (nSPS) is 19.7. The van der Waals surface area contributed by atoms with Gasteiger partial charge in [0.1, 0.15) is 0 Å². The Hall–Kier alpha value is -1.01. The lowest BCUT2D eigenvalue weighted by atomic mass is 9.87. The second-order valence-electron chi connectivity index (χ2n) is 3.68. The van der Waals surface area contributed by atoms with Crippen molar-refractivity contribution >= 4 is 5.91 Å². The second-order valence-corrected chi connectivity index (χ2v) is 3.68. The highest BCUT2D eigenvalue weighted by molar-refractivity contribution is 5.79. The monoisotopic (exact) mass is 195 g/mol. The SMILES string of the molecule is C#CCC(=O)NC1(CC)CCOCC1. The fourth-order valence-electron chi connectivity index (χ4n) is 1.76. The van der Waals surface area contributed by atoms with Crippen LogP contribution < -0.4 is 5.32 Å². The van der Waals surface area contributed by atoms with Crippen LogP contribution in [0.4, 0.5) is 0 Å². The lowest BCUT2D eigenvalue weighted by Gasteiger charge is -2.37. The molecule has 1 heterocycles. The number of ether oxygens (including phenoxy) is 1. The van der Waals surface area contributed by atoms with Gasteiger partial charge in [0.25, 0.3) is 0 Å². The van der Waals surface area contributed by atoms with Gasteiger partial charge in [-0.1, -0.05) is 12.8 Å². The van der Waals surface area contributed by atoms with Crippen molar-refractivity contribution in [3.63, 3.8) is 0 Å². The standard InChI is InChI=1S/C11H17NO2/c1-3-5-10(13)12-11(4-2)6-8-14-9-7-11/h1H,4-9H2,2H3,(H,12,13). The van der Waals surface area contributed by atoms with E-state index in [2.05, 4.69) is 18.2 Å². The Morgan fingerprint density at radius 3 is 2.71 bits per heavy atom. The maximum Gasteiger partial charge on any atom is 0.232 e. The van der Waals surface area contributed by atoms with E-state index in [1.165, 1.54) is 0 Å². The molecule has 78 valence electrons. The Balaban J connectivity index is 2.52. The Morgan fingerprint density at radius 2 is 2.21 bits per heavy atom. The van der Waals surface area contributed by atoms with Crippen LogP contribution in [0.2, 0.25) is 0 Å². The van der Waals surface area contributed by atoms with Crippen LogP contribution in [0.5, 0.6) is 0 Å². The predicted octanol–water partition coefficient (Wildman–Crippen LogP) is 1.09. The first-order chi connectivity index (χ1) is 6.72. The summed E-state index contributed by atoms with van der Waals surface area (Å²) in [7, 11) is 0. The summed E-state index contributed by atoms with van der Waals surface area (Å²) in [6, 6.07) is 0. The molecule has 0 spiro atoms. The Bertz CT molecular complexity index is 236. The highest BCUT2D eigenvalue weighted by Gasteiger charge is 2.31. The van der Waals surface area contributed by atoms with Crippen molar-refractivity contribution in [1.82, 2.24) is 5.32 Å². The van der Waals surface area contributed by atoms with Crippen LogP contribution in [-0.4, -0.2) is 24.7 Å². The first-order valence-corrected chi connectivity index (χ1v) is 5.05. The lowest BCUT2D eigenvalue weighted by Crippen LogP contribution is -2.51. The van der Waals surface area contributed by atoms with Crippen LogP contribution in [0.25, 0.3) is 0 Å². The Morgan fingerprint density at radius 1 is 1.57 bits per heavy atom. The number of terminal acetylenes is 1. The van der Waals surface area contributed by atoms with Gasteiger partial charge < -0.3 is 10.1 Å². The third-order valence-electron chi connectivity index (χ3n) is 2.79. The predicted molar refractivity (Wildman–Crippen MR) is 54.7 cm³/mol. The molecule has 1 N–H and O–H groups in total. The molecule has 1 rings (SSSR count). The molecular weight excluding hydrogens is 178 g/mol. The Labute approximate surface area is 85.2 Å². The molecule has 0 aromatic heterocycles. The zero-order valence-corrected chi connectivity index (χ0v) is 8.64. The fourth-order valence-corrected chi connectivity index (χ4v) is 1.76. The summed E-state index contributed by atoms with van der Waals surface area (Å²) in [6.45, 7) is 3.54. The van der Waals surface area contributed by atoms with Crippen LogP contribution >= 0.6 is 0 Å². The molecule has 1 amide bonds. The average molecular weight is 195 g/mol. The van der Waals surface area contributed by atoms with Crippen molar-refractivity contribution in [2.45, 2.75) is 38.1 Å². The fraction of sp³-hybridized carbons (Fsp3) is 0.727. The number of hydrogen-bond acceptors (Lipinski definition) is 2. The summed E-state index contributed by atoms with van der Waals surface area (Å²) in [6.07, 6.45) is 7.97. The van der Waals surface area contributed by atoms with E-state index in [9.17, 15) is 4.79 Å². The smallest absolute Gasteiger partial charge is 0.232 e. The van der Waals surface area contributed by atoms with E-state index in [-0.39, 0.29) is 17.9 Å². The minimum Gasteiger partial charge on any atom is -0.381 e. The van der Waals surface area contributed by atoms with Gasteiger partial charge >= 0.3 is 0 Å². The van der Waals surface area contributed by atoms with Gasteiger partial charge in [0.15, 0.2) is 0 Å². The number of amides is 1. The molecule has 0 atom stereocenters. The molecule has 0 bridgehead atoms. The third kappa shape index (κ3) is 2.74. The average Bonchev–Trinajstić information content (AvgIpc) is 2.19. The molecule has 1 saturated heterocycles. The first kappa shape index (κ1) is 11.1. The molecule has 1 fully saturated rings. The maximum absolute atomic E-state index is 11.4. The largest absolute Gasteiger partial charge is 0.381 e. The molecule has 0 unspecified atom stereocenters. The molecule has 0 aromatic rings. The van der Waals surface area contributed by atoms with Crippen molar-refractivity contribution in [3.05, 3.63) is 0 Å². The van der Waals surface area contributed by atoms with E-state index in [0.717, 1.165) is 32.5 Å². The van der Waals surface area contributed by atoms with E-state index < -0.39 is 0 Å². The molecule has 0 saturated carbocycles. The minimum atomic E-state index is -0.0772. The first-order valence-electron chi connectivity index (χ1n) is 5.05. The van der Waals surface area contributed by atoms with Crippen molar-refractivity contribution < 1.29 is 9.53 Å². The van der Waals surface area contributed by atoms with Gasteiger partial charge in [-0.25, -0.2) is 0 Å². The highest BCUT2D eigenvalue weighted by atomic mass is 16.5. The van der Waals surface area contributed by atoms with Crippen LogP contribution in [0.3, 0.4) is 0 Å². The van der Waals surface area contributed by atoms with Gasteiger partial charge in [0.2, 0.25) is 5.91 Å². The van der Waals surface area contributed by atoms with E-state index in [1.54, 1.807) is 0 Å². The van der Waals surface area contributed by atoms with Crippen molar-refractivity contribution in [2.75, 3.05) is 13.2 Å². The summed E-state index contributed by atoms with van der Waals surface area (Å²) in [5, 5.41) is 3.02. The van der Waals surface area contributed by atoms with Crippen LogP contribution in [-0.2, 0) is 9.53 Å². The van der Waals surface area contributed by atoms with Crippen molar-refractivity contribution in [1.29, 1.82) is 0 Å². The molecule has 0 aromatic carbocycles.